The van der Waals surface area contributed by atoms with Crippen molar-refractivity contribution >= 4 is 17.6 Å². The number of alkyl halides is 3. The second-order valence-corrected chi connectivity index (χ2v) is 3.70. The molecule has 19 heavy (non-hydrogen) atoms. The Bertz CT molecular complexity index is 532. The third kappa shape index (κ3) is 4.79. The highest BCUT2D eigenvalue weighted by Crippen LogP contribution is 2.30. The maximum Gasteiger partial charge on any atom is 0.417 e. The fourth-order valence-corrected chi connectivity index (χ4v) is 1.26. The number of esters is 1. The van der Waals surface area contributed by atoms with Crippen LogP contribution in [0, 0.1) is 11.8 Å². The van der Waals surface area contributed by atoms with Gasteiger partial charge in [0.05, 0.1) is 17.7 Å². The zero-order chi connectivity index (χ0) is 14.5. The van der Waals surface area contributed by atoms with Gasteiger partial charge in [-0.05, 0) is 13.0 Å². The van der Waals surface area contributed by atoms with Gasteiger partial charge >= 0.3 is 12.1 Å². The Kier molecular flexibility index (Phi) is 5.19. The van der Waals surface area contributed by atoms with Gasteiger partial charge in [-0.3, -0.25) is 4.79 Å². The van der Waals surface area contributed by atoms with Gasteiger partial charge < -0.3 is 4.74 Å². The first-order valence-electron chi connectivity index (χ1n) is 5.21. The van der Waals surface area contributed by atoms with Crippen LogP contribution < -0.4 is 0 Å². The Labute approximate surface area is 112 Å². The molecule has 0 saturated carbocycles. The third-order valence-electron chi connectivity index (χ3n) is 1.93. The minimum atomic E-state index is -4.52. The molecule has 1 aromatic heterocycles. The SMILES string of the molecule is CCOC(=O)CC#Cc1cc(C(F)(F)F)cnc1Cl. The maximum atomic E-state index is 12.4. The molecule has 0 spiro atoms. The predicted octanol–water partition coefficient (Wildman–Crippen LogP) is 3.06. The van der Waals surface area contributed by atoms with E-state index in [1.165, 1.54) is 0 Å². The molecule has 3 nitrogen and oxygen atoms in total. The molecule has 0 amide bonds. The van der Waals surface area contributed by atoms with Crippen LogP contribution in [0.5, 0.6) is 0 Å². The Morgan fingerprint density at radius 1 is 1.53 bits per heavy atom. The number of nitrogens with zero attached hydrogens (tertiary/aromatic N) is 1. The molecule has 1 heterocycles. The van der Waals surface area contributed by atoms with Crippen LogP contribution >= 0.6 is 11.6 Å². The van der Waals surface area contributed by atoms with Crippen LogP contribution in [0.15, 0.2) is 12.3 Å². The number of rotatable bonds is 2. The molecule has 0 radical (unpaired) electrons. The van der Waals surface area contributed by atoms with Crippen molar-refractivity contribution in [3.8, 4) is 11.8 Å². The molecule has 1 aromatic rings. The molecule has 0 aliphatic carbocycles. The minimum absolute atomic E-state index is 0.0826. The molecule has 1 rings (SSSR count). The first-order chi connectivity index (χ1) is 8.84. The average Bonchev–Trinajstić information content (AvgIpc) is 2.30. The van der Waals surface area contributed by atoms with Crippen LogP contribution in [0.4, 0.5) is 13.2 Å². The standard InChI is InChI=1S/C12H9ClF3NO2/c1-2-19-10(18)5-3-4-8-6-9(12(14,15)16)7-17-11(8)13/h6-7H,2,5H2,1H3. The zero-order valence-corrected chi connectivity index (χ0v) is 10.6. The topological polar surface area (TPSA) is 39.2 Å². The molecule has 0 aromatic carbocycles. The summed E-state index contributed by atoms with van der Waals surface area (Å²) in [6, 6.07) is 0.785. The van der Waals surface area contributed by atoms with Gasteiger partial charge in [0, 0.05) is 6.20 Å². The van der Waals surface area contributed by atoms with Gasteiger partial charge in [0.2, 0.25) is 0 Å². The lowest BCUT2D eigenvalue weighted by Gasteiger charge is -2.06. The monoisotopic (exact) mass is 291 g/mol. The van der Waals surface area contributed by atoms with Crippen molar-refractivity contribution < 1.29 is 22.7 Å². The number of pyridine rings is 1. The largest absolute Gasteiger partial charge is 0.465 e. The molecule has 0 N–H and O–H groups in total. The maximum absolute atomic E-state index is 12.4. The fourth-order valence-electron chi connectivity index (χ4n) is 1.11. The minimum Gasteiger partial charge on any atom is -0.465 e. The number of hydrogen-bond donors (Lipinski definition) is 0. The molecule has 0 atom stereocenters. The summed E-state index contributed by atoms with van der Waals surface area (Å²) in [7, 11) is 0. The third-order valence-corrected chi connectivity index (χ3v) is 2.23. The van der Waals surface area contributed by atoms with E-state index in [0.717, 1.165) is 6.07 Å². The summed E-state index contributed by atoms with van der Waals surface area (Å²) in [6.45, 7) is 1.85. The normalized spacial score (nSPS) is 10.6. The van der Waals surface area contributed by atoms with Crippen LogP contribution in [-0.2, 0) is 15.7 Å². The van der Waals surface area contributed by atoms with Crippen molar-refractivity contribution in [1.82, 2.24) is 4.98 Å². The average molecular weight is 292 g/mol. The van der Waals surface area contributed by atoms with Gasteiger partial charge in [-0.25, -0.2) is 4.98 Å². The van der Waals surface area contributed by atoms with Gasteiger partial charge in [-0.2, -0.15) is 13.2 Å². The summed E-state index contributed by atoms with van der Waals surface area (Å²) in [4.78, 5) is 14.4. The molecule has 0 fully saturated rings. The van der Waals surface area contributed by atoms with Crippen LogP contribution in [-0.4, -0.2) is 17.6 Å². The van der Waals surface area contributed by atoms with E-state index >= 15 is 0 Å². The van der Waals surface area contributed by atoms with Crippen LogP contribution in [0.2, 0.25) is 5.15 Å². The van der Waals surface area contributed by atoms with E-state index in [4.69, 9.17) is 11.6 Å². The second-order valence-electron chi connectivity index (χ2n) is 3.34. The smallest absolute Gasteiger partial charge is 0.417 e. The summed E-state index contributed by atoms with van der Waals surface area (Å²) in [6.07, 6.45) is -4.12. The number of carbonyl (C=O) groups is 1. The van der Waals surface area contributed by atoms with E-state index in [1.54, 1.807) is 6.92 Å². The molecule has 0 unspecified atom stereocenters. The predicted molar refractivity (Wildman–Crippen MR) is 62.4 cm³/mol. The van der Waals surface area contributed by atoms with E-state index in [1.807, 2.05) is 0 Å². The summed E-state index contributed by atoms with van der Waals surface area (Å²) in [5.74, 6) is 4.21. The Morgan fingerprint density at radius 2 is 2.21 bits per heavy atom. The van der Waals surface area contributed by atoms with Crippen molar-refractivity contribution in [2.75, 3.05) is 6.61 Å². The first-order valence-corrected chi connectivity index (χ1v) is 5.59. The van der Waals surface area contributed by atoms with Gasteiger partial charge in [0.25, 0.3) is 0 Å². The zero-order valence-electron chi connectivity index (χ0n) is 9.84. The van der Waals surface area contributed by atoms with Crippen molar-refractivity contribution in [1.29, 1.82) is 0 Å². The lowest BCUT2D eigenvalue weighted by atomic mass is 10.2. The van der Waals surface area contributed by atoms with E-state index in [2.05, 4.69) is 21.6 Å². The fraction of sp³-hybridized carbons (Fsp3) is 0.333. The molecule has 102 valence electrons. The van der Waals surface area contributed by atoms with Gasteiger partial charge in [-0.15, -0.1) is 0 Å². The Balaban J connectivity index is 2.89. The molecule has 0 aliphatic heterocycles. The van der Waals surface area contributed by atoms with E-state index in [-0.39, 0.29) is 23.7 Å². The Hall–Kier alpha value is -1.74. The molecular formula is C12H9ClF3NO2. The molecule has 0 bridgehead atoms. The van der Waals surface area contributed by atoms with Crippen molar-refractivity contribution in [2.24, 2.45) is 0 Å². The van der Waals surface area contributed by atoms with E-state index in [0.29, 0.717) is 6.20 Å². The quantitative estimate of drug-likeness (QED) is 0.477. The van der Waals surface area contributed by atoms with Crippen LogP contribution in [0.3, 0.4) is 0 Å². The van der Waals surface area contributed by atoms with E-state index in [9.17, 15) is 18.0 Å². The number of hydrogen-bond acceptors (Lipinski definition) is 3. The highest BCUT2D eigenvalue weighted by Gasteiger charge is 2.31. The molecule has 0 saturated heterocycles. The molecule has 0 aliphatic rings. The molecule has 7 heteroatoms. The van der Waals surface area contributed by atoms with Gasteiger partial charge in [-0.1, -0.05) is 23.4 Å². The van der Waals surface area contributed by atoms with Crippen molar-refractivity contribution in [2.45, 2.75) is 19.5 Å². The first kappa shape index (κ1) is 15.3. The van der Waals surface area contributed by atoms with Gasteiger partial charge in [0.15, 0.2) is 0 Å². The summed E-state index contributed by atoms with van der Waals surface area (Å²) < 4.78 is 42.0. The van der Waals surface area contributed by atoms with Crippen LogP contribution in [0.1, 0.15) is 24.5 Å². The van der Waals surface area contributed by atoms with E-state index < -0.39 is 17.7 Å². The second kappa shape index (κ2) is 6.43. The van der Waals surface area contributed by atoms with Crippen molar-refractivity contribution in [3.63, 3.8) is 0 Å². The lowest BCUT2D eigenvalue weighted by Crippen LogP contribution is -2.06. The Morgan fingerprint density at radius 3 is 2.79 bits per heavy atom. The highest BCUT2D eigenvalue weighted by molar-refractivity contribution is 6.30. The van der Waals surface area contributed by atoms with Crippen molar-refractivity contribution in [3.05, 3.63) is 28.5 Å². The van der Waals surface area contributed by atoms with Gasteiger partial charge in [0.1, 0.15) is 11.6 Å². The lowest BCUT2D eigenvalue weighted by molar-refractivity contribution is -0.142. The summed E-state index contributed by atoms with van der Waals surface area (Å²) in [5.41, 5.74) is -1.03. The number of carbonyl (C=O) groups excluding carboxylic acids is 1. The molecular weight excluding hydrogens is 283 g/mol. The van der Waals surface area contributed by atoms with Crippen LogP contribution in [0.25, 0.3) is 0 Å². The summed E-state index contributed by atoms with van der Waals surface area (Å²) in [5, 5.41) is -0.149. The highest BCUT2D eigenvalue weighted by atomic mass is 35.5. The number of halogens is 4. The number of aromatic nitrogens is 1. The number of ether oxygens (including phenoxy) is 1. The summed E-state index contributed by atoms with van der Waals surface area (Å²) >= 11 is 5.63.